The smallest absolute Gasteiger partial charge is 0.0672 e. The third-order valence-corrected chi connectivity index (χ3v) is 3.71. The Kier molecular flexibility index (Phi) is 2.61. The normalized spacial score (nSPS) is 39.7. The molecule has 2 atom stereocenters. The Balaban J connectivity index is 2.06. The van der Waals surface area contributed by atoms with E-state index in [2.05, 4.69) is 6.92 Å². The molecule has 13 heavy (non-hydrogen) atoms. The minimum Gasteiger partial charge on any atom is -0.377 e. The maximum absolute atomic E-state index is 5.93. The summed E-state index contributed by atoms with van der Waals surface area (Å²) in [6.45, 7) is 4.01. The van der Waals surface area contributed by atoms with Gasteiger partial charge in [-0.3, -0.25) is 0 Å². The quantitative estimate of drug-likeness (QED) is 0.723. The maximum Gasteiger partial charge on any atom is 0.0672 e. The fourth-order valence-electron chi connectivity index (χ4n) is 2.83. The number of hydrogen-bond donors (Lipinski definition) is 1. The first-order valence-corrected chi connectivity index (χ1v) is 5.64. The van der Waals surface area contributed by atoms with Crippen molar-refractivity contribution in [3.8, 4) is 0 Å². The molecule has 0 aromatic heterocycles. The van der Waals surface area contributed by atoms with Crippen LogP contribution in [-0.2, 0) is 4.74 Å². The fraction of sp³-hybridized carbons (Fsp3) is 1.00. The number of hydrogen-bond acceptors (Lipinski definition) is 2. The summed E-state index contributed by atoms with van der Waals surface area (Å²) in [6.07, 6.45) is 6.93. The van der Waals surface area contributed by atoms with Crippen molar-refractivity contribution in [1.82, 2.24) is 0 Å². The lowest BCUT2D eigenvalue weighted by atomic mass is 9.75. The third kappa shape index (κ3) is 1.62. The monoisotopic (exact) mass is 183 g/mol. The van der Waals surface area contributed by atoms with Crippen molar-refractivity contribution in [2.45, 2.75) is 45.1 Å². The summed E-state index contributed by atoms with van der Waals surface area (Å²) < 4.78 is 5.86. The highest BCUT2D eigenvalue weighted by Crippen LogP contribution is 2.49. The van der Waals surface area contributed by atoms with Crippen molar-refractivity contribution >= 4 is 0 Å². The molecule has 2 heteroatoms. The van der Waals surface area contributed by atoms with Crippen LogP contribution >= 0.6 is 0 Å². The zero-order chi connectivity index (χ0) is 9.31. The fourth-order valence-corrected chi connectivity index (χ4v) is 2.83. The second-order valence-corrected chi connectivity index (χ2v) is 4.70. The van der Waals surface area contributed by atoms with Crippen LogP contribution in [0.4, 0.5) is 0 Å². The van der Waals surface area contributed by atoms with Crippen molar-refractivity contribution in [2.75, 3.05) is 13.2 Å². The topological polar surface area (TPSA) is 35.2 Å². The predicted molar refractivity (Wildman–Crippen MR) is 53.5 cm³/mol. The van der Waals surface area contributed by atoms with Crippen LogP contribution < -0.4 is 5.73 Å². The van der Waals surface area contributed by atoms with Crippen LogP contribution in [-0.4, -0.2) is 19.3 Å². The average Bonchev–Trinajstić information content (AvgIpc) is 2.90. The van der Waals surface area contributed by atoms with Gasteiger partial charge in [-0.15, -0.1) is 0 Å². The molecule has 1 saturated carbocycles. The van der Waals surface area contributed by atoms with Gasteiger partial charge in [-0.05, 0) is 31.6 Å². The van der Waals surface area contributed by atoms with E-state index in [1.165, 1.54) is 32.1 Å². The molecule has 2 nitrogen and oxygen atoms in total. The maximum atomic E-state index is 5.93. The third-order valence-electron chi connectivity index (χ3n) is 3.71. The van der Waals surface area contributed by atoms with Gasteiger partial charge < -0.3 is 10.5 Å². The SMILES string of the molecule is CCCC1(CN)CCOC1C1CC1. The van der Waals surface area contributed by atoms with E-state index in [-0.39, 0.29) is 0 Å². The van der Waals surface area contributed by atoms with E-state index in [4.69, 9.17) is 10.5 Å². The second-order valence-electron chi connectivity index (χ2n) is 4.70. The van der Waals surface area contributed by atoms with Crippen molar-refractivity contribution in [2.24, 2.45) is 17.1 Å². The Bertz CT molecular complexity index is 179. The van der Waals surface area contributed by atoms with Crippen molar-refractivity contribution in [3.63, 3.8) is 0 Å². The summed E-state index contributed by atoms with van der Waals surface area (Å²) in [5, 5.41) is 0. The van der Waals surface area contributed by atoms with E-state index in [1.54, 1.807) is 0 Å². The van der Waals surface area contributed by atoms with E-state index in [0.717, 1.165) is 19.1 Å². The lowest BCUT2D eigenvalue weighted by Crippen LogP contribution is -2.39. The molecule has 76 valence electrons. The number of rotatable bonds is 4. The molecule has 2 fully saturated rings. The Labute approximate surface area is 80.8 Å². The summed E-state index contributed by atoms with van der Waals surface area (Å²) in [5.74, 6) is 0.845. The van der Waals surface area contributed by atoms with Gasteiger partial charge in [0.2, 0.25) is 0 Å². The van der Waals surface area contributed by atoms with Gasteiger partial charge >= 0.3 is 0 Å². The lowest BCUT2D eigenvalue weighted by molar-refractivity contribution is 0.0302. The first-order valence-electron chi connectivity index (χ1n) is 5.64. The Hall–Kier alpha value is -0.0800. The average molecular weight is 183 g/mol. The molecule has 0 radical (unpaired) electrons. The van der Waals surface area contributed by atoms with Gasteiger partial charge in [0.1, 0.15) is 0 Å². The van der Waals surface area contributed by atoms with Gasteiger partial charge in [0.25, 0.3) is 0 Å². The molecule has 1 heterocycles. The van der Waals surface area contributed by atoms with Gasteiger partial charge in [0.15, 0.2) is 0 Å². The highest BCUT2D eigenvalue weighted by molar-refractivity contribution is 4.99. The van der Waals surface area contributed by atoms with Crippen molar-refractivity contribution < 1.29 is 4.74 Å². The zero-order valence-electron chi connectivity index (χ0n) is 8.59. The molecule has 2 unspecified atom stereocenters. The summed E-state index contributed by atoms with van der Waals surface area (Å²) in [4.78, 5) is 0. The van der Waals surface area contributed by atoms with Gasteiger partial charge in [-0.2, -0.15) is 0 Å². The summed E-state index contributed by atoms with van der Waals surface area (Å²) in [6, 6.07) is 0. The summed E-state index contributed by atoms with van der Waals surface area (Å²) >= 11 is 0. The van der Waals surface area contributed by atoms with Gasteiger partial charge in [0, 0.05) is 18.6 Å². The molecule has 0 aromatic rings. The van der Waals surface area contributed by atoms with Crippen LogP contribution in [0.3, 0.4) is 0 Å². The molecule has 2 aliphatic rings. The van der Waals surface area contributed by atoms with Crippen molar-refractivity contribution in [3.05, 3.63) is 0 Å². The molecule has 1 aliphatic carbocycles. The molecule has 2 N–H and O–H groups in total. The van der Waals surface area contributed by atoms with E-state index < -0.39 is 0 Å². The van der Waals surface area contributed by atoms with Crippen LogP contribution in [0.1, 0.15) is 39.0 Å². The largest absolute Gasteiger partial charge is 0.377 e. The molecule has 0 bridgehead atoms. The molecule has 0 aromatic carbocycles. The second kappa shape index (κ2) is 3.58. The minimum absolute atomic E-state index is 0.343. The molecule has 1 saturated heterocycles. The summed E-state index contributed by atoms with van der Waals surface area (Å²) in [5.41, 5.74) is 6.27. The molecule has 0 amide bonds. The van der Waals surface area contributed by atoms with Crippen LogP contribution in [0.25, 0.3) is 0 Å². The minimum atomic E-state index is 0.343. The van der Waals surface area contributed by atoms with Crippen LogP contribution in [0.5, 0.6) is 0 Å². The lowest BCUT2D eigenvalue weighted by Gasteiger charge is -2.32. The first-order chi connectivity index (χ1) is 6.32. The highest BCUT2D eigenvalue weighted by Gasteiger charge is 2.49. The van der Waals surface area contributed by atoms with E-state index in [0.29, 0.717) is 11.5 Å². The van der Waals surface area contributed by atoms with Crippen LogP contribution in [0.2, 0.25) is 0 Å². The molecular formula is C11H21NO. The standard InChI is InChI=1S/C11H21NO/c1-2-5-11(8-12)6-7-13-10(11)9-3-4-9/h9-10H,2-8,12H2,1H3. The highest BCUT2D eigenvalue weighted by atomic mass is 16.5. The Morgan fingerprint density at radius 2 is 2.23 bits per heavy atom. The summed E-state index contributed by atoms with van der Waals surface area (Å²) in [7, 11) is 0. The predicted octanol–water partition coefficient (Wildman–Crippen LogP) is 1.93. The Morgan fingerprint density at radius 1 is 1.46 bits per heavy atom. The van der Waals surface area contributed by atoms with Gasteiger partial charge in [0.05, 0.1) is 6.10 Å². The van der Waals surface area contributed by atoms with E-state index >= 15 is 0 Å². The zero-order valence-corrected chi connectivity index (χ0v) is 8.59. The van der Waals surface area contributed by atoms with E-state index in [1.807, 2.05) is 0 Å². The number of nitrogens with two attached hydrogens (primary N) is 1. The van der Waals surface area contributed by atoms with Crippen molar-refractivity contribution in [1.29, 1.82) is 0 Å². The molecular weight excluding hydrogens is 162 g/mol. The Morgan fingerprint density at radius 3 is 2.77 bits per heavy atom. The number of ether oxygens (including phenoxy) is 1. The van der Waals surface area contributed by atoms with E-state index in [9.17, 15) is 0 Å². The molecule has 1 aliphatic heterocycles. The first kappa shape index (κ1) is 9.47. The molecule has 0 spiro atoms. The van der Waals surface area contributed by atoms with Crippen LogP contribution in [0, 0.1) is 11.3 Å². The van der Waals surface area contributed by atoms with Gasteiger partial charge in [-0.1, -0.05) is 13.3 Å². The van der Waals surface area contributed by atoms with Gasteiger partial charge in [-0.25, -0.2) is 0 Å². The molecule has 2 rings (SSSR count). The van der Waals surface area contributed by atoms with Crippen LogP contribution in [0.15, 0.2) is 0 Å².